The lowest BCUT2D eigenvalue weighted by Crippen LogP contribution is -2.31. The van der Waals surface area contributed by atoms with Gasteiger partial charge in [-0.25, -0.2) is 4.99 Å². The molecule has 1 aromatic carbocycles. The number of methoxy groups -OCH3 is 1. The number of halogens is 1. The minimum atomic E-state index is -0.325. The summed E-state index contributed by atoms with van der Waals surface area (Å²) in [5, 5.41) is 2.45. The van der Waals surface area contributed by atoms with Gasteiger partial charge < -0.3 is 4.74 Å². The van der Waals surface area contributed by atoms with Gasteiger partial charge in [0.1, 0.15) is 17.2 Å². The maximum Gasteiger partial charge on any atom is 0.283 e. The Morgan fingerprint density at radius 2 is 2.19 bits per heavy atom. The lowest BCUT2D eigenvalue weighted by Gasteiger charge is -2.20. The average Bonchev–Trinajstić information content (AvgIpc) is 3.24. The van der Waals surface area contributed by atoms with Gasteiger partial charge >= 0.3 is 0 Å². The van der Waals surface area contributed by atoms with E-state index in [1.807, 2.05) is 17.5 Å². The molecule has 1 aliphatic heterocycles. The fourth-order valence-electron chi connectivity index (χ4n) is 2.35. The number of hydrogen-bond donors (Lipinski definition) is 0. The predicted molar refractivity (Wildman–Crippen MR) is 113 cm³/mol. The maximum absolute atomic E-state index is 13.0. The van der Waals surface area contributed by atoms with Gasteiger partial charge in [-0.1, -0.05) is 29.4 Å². The largest absolute Gasteiger partial charge is 0.495 e. The first-order valence-electron chi connectivity index (χ1n) is 8.09. The third-order valence-corrected chi connectivity index (χ3v) is 6.18. The highest BCUT2D eigenvalue weighted by Crippen LogP contribution is 2.35. The highest BCUT2D eigenvalue weighted by molar-refractivity contribution is 8.15. The van der Waals surface area contributed by atoms with Crippen molar-refractivity contribution in [3.8, 4) is 5.75 Å². The second kappa shape index (κ2) is 8.29. The minimum absolute atomic E-state index is 0.0125. The summed E-state index contributed by atoms with van der Waals surface area (Å²) in [4.78, 5) is 31.6. The minimum Gasteiger partial charge on any atom is -0.495 e. The zero-order valence-corrected chi connectivity index (χ0v) is 17.3. The SMILES string of the molecule is COc1ccc(N2C(=O)C(=Cc3cccs3)N=C2SC(C)C(C)=O)cc1Cl. The second-order valence-corrected chi connectivity index (χ2v) is 8.46. The van der Waals surface area contributed by atoms with Gasteiger partial charge in [0, 0.05) is 4.88 Å². The summed E-state index contributed by atoms with van der Waals surface area (Å²) in [7, 11) is 1.53. The number of thiophene rings is 1. The molecule has 27 heavy (non-hydrogen) atoms. The molecule has 0 radical (unpaired) electrons. The number of rotatable bonds is 5. The molecular weight excluding hydrogens is 404 g/mol. The fraction of sp³-hybridized carbons (Fsp3) is 0.211. The normalized spacial score (nSPS) is 16.6. The van der Waals surface area contributed by atoms with Crippen molar-refractivity contribution in [2.24, 2.45) is 4.99 Å². The number of benzene rings is 1. The lowest BCUT2D eigenvalue weighted by molar-refractivity contribution is -0.116. The van der Waals surface area contributed by atoms with E-state index in [0.29, 0.717) is 27.3 Å². The van der Waals surface area contributed by atoms with Gasteiger partial charge in [0.15, 0.2) is 5.17 Å². The first kappa shape index (κ1) is 19.7. The molecule has 2 aromatic rings. The summed E-state index contributed by atoms with van der Waals surface area (Å²) < 4.78 is 5.18. The lowest BCUT2D eigenvalue weighted by atomic mass is 10.2. The molecule has 8 heteroatoms. The molecule has 1 aromatic heterocycles. The number of ketones is 1. The average molecular weight is 421 g/mol. The second-order valence-electron chi connectivity index (χ2n) is 5.77. The Hall–Kier alpha value is -2.09. The first-order chi connectivity index (χ1) is 12.9. The van der Waals surface area contributed by atoms with E-state index >= 15 is 0 Å². The zero-order chi connectivity index (χ0) is 19.6. The molecule has 1 atom stereocenters. The van der Waals surface area contributed by atoms with E-state index in [0.717, 1.165) is 4.88 Å². The first-order valence-corrected chi connectivity index (χ1v) is 10.2. The van der Waals surface area contributed by atoms with Crippen LogP contribution in [0.2, 0.25) is 5.02 Å². The topological polar surface area (TPSA) is 59.0 Å². The smallest absolute Gasteiger partial charge is 0.283 e. The van der Waals surface area contributed by atoms with Crippen LogP contribution in [-0.2, 0) is 9.59 Å². The van der Waals surface area contributed by atoms with Crippen molar-refractivity contribution in [1.82, 2.24) is 0 Å². The molecule has 0 saturated carbocycles. The van der Waals surface area contributed by atoms with Gasteiger partial charge in [-0.05, 0) is 49.6 Å². The van der Waals surface area contributed by atoms with Gasteiger partial charge in [0.25, 0.3) is 5.91 Å². The van der Waals surface area contributed by atoms with Crippen LogP contribution in [-0.4, -0.2) is 29.2 Å². The molecule has 0 saturated heterocycles. The molecule has 0 aliphatic carbocycles. The van der Waals surface area contributed by atoms with Crippen LogP contribution in [0.15, 0.2) is 46.4 Å². The Morgan fingerprint density at radius 1 is 1.41 bits per heavy atom. The molecule has 3 rings (SSSR count). The number of Topliss-reactive ketones (excluding diaryl/α,β-unsaturated/α-hetero) is 1. The summed E-state index contributed by atoms with van der Waals surface area (Å²) in [6.45, 7) is 3.31. The number of nitrogens with zero attached hydrogens (tertiary/aromatic N) is 2. The number of amidine groups is 1. The van der Waals surface area contributed by atoms with Crippen LogP contribution in [0, 0.1) is 0 Å². The summed E-state index contributed by atoms with van der Waals surface area (Å²) in [6, 6.07) is 8.92. The predicted octanol–water partition coefficient (Wildman–Crippen LogP) is 4.86. The molecule has 1 aliphatic rings. The van der Waals surface area contributed by atoms with Crippen LogP contribution in [0.5, 0.6) is 5.75 Å². The number of ether oxygens (including phenoxy) is 1. The third-order valence-electron chi connectivity index (χ3n) is 3.90. The van der Waals surface area contributed by atoms with Crippen molar-refractivity contribution in [2.75, 3.05) is 12.0 Å². The van der Waals surface area contributed by atoms with Crippen molar-refractivity contribution in [3.63, 3.8) is 0 Å². The van der Waals surface area contributed by atoms with E-state index in [1.54, 1.807) is 31.2 Å². The molecule has 140 valence electrons. The quantitative estimate of drug-likeness (QED) is 0.648. The van der Waals surface area contributed by atoms with Crippen LogP contribution in [0.4, 0.5) is 5.69 Å². The number of carbonyl (C=O) groups excluding carboxylic acids is 2. The van der Waals surface area contributed by atoms with Crippen LogP contribution in [0.25, 0.3) is 6.08 Å². The highest BCUT2D eigenvalue weighted by Gasteiger charge is 2.34. The molecule has 0 fully saturated rings. The van der Waals surface area contributed by atoms with Crippen molar-refractivity contribution < 1.29 is 14.3 Å². The van der Waals surface area contributed by atoms with Gasteiger partial charge in [-0.15, -0.1) is 11.3 Å². The van der Waals surface area contributed by atoms with Crippen molar-refractivity contribution in [3.05, 3.63) is 51.3 Å². The number of anilines is 1. The van der Waals surface area contributed by atoms with Crippen molar-refractivity contribution in [2.45, 2.75) is 19.1 Å². The molecule has 0 N–H and O–H groups in total. The van der Waals surface area contributed by atoms with Crippen LogP contribution < -0.4 is 9.64 Å². The molecule has 1 amide bonds. The van der Waals surface area contributed by atoms with E-state index in [2.05, 4.69) is 4.99 Å². The number of amides is 1. The van der Waals surface area contributed by atoms with E-state index in [9.17, 15) is 9.59 Å². The summed E-state index contributed by atoms with van der Waals surface area (Å²) in [6.07, 6.45) is 1.75. The zero-order valence-electron chi connectivity index (χ0n) is 14.9. The maximum atomic E-state index is 13.0. The Kier molecular flexibility index (Phi) is 6.04. The Labute approximate surface area is 170 Å². The van der Waals surface area contributed by atoms with Gasteiger partial charge in [0.2, 0.25) is 0 Å². The Balaban J connectivity index is 2.01. The van der Waals surface area contributed by atoms with Gasteiger partial charge in [0.05, 0.1) is 23.1 Å². The van der Waals surface area contributed by atoms with Crippen LogP contribution >= 0.6 is 34.7 Å². The fourth-order valence-corrected chi connectivity index (χ4v) is 4.18. The number of aliphatic imine (C=N–C) groups is 1. The number of hydrogen-bond acceptors (Lipinski definition) is 6. The summed E-state index contributed by atoms with van der Waals surface area (Å²) >= 11 is 9.00. The van der Waals surface area contributed by atoms with E-state index in [-0.39, 0.29) is 16.9 Å². The molecule has 0 bridgehead atoms. The summed E-state index contributed by atoms with van der Waals surface area (Å²) in [5.41, 5.74) is 0.894. The standard InChI is InChI=1S/C19H17ClN2O3S2/c1-11(23)12(2)27-19-21-16(10-14-5-4-8-26-14)18(24)22(19)13-6-7-17(25-3)15(20)9-13/h4-10,12H,1-3H3. The molecule has 5 nitrogen and oxygen atoms in total. The van der Waals surface area contributed by atoms with E-state index < -0.39 is 0 Å². The molecule has 1 unspecified atom stereocenters. The number of thioether (sulfide) groups is 1. The number of carbonyl (C=O) groups is 2. The van der Waals surface area contributed by atoms with Gasteiger partial charge in [-0.2, -0.15) is 0 Å². The molecule has 2 heterocycles. The van der Waals surface area contributed by atoms with E-state index in [1.165, 1.54) is 42.0 Å². The molecular formula is C19H17ClN2O3S2. The third kappa shape index (κ3) is 4.26. The Bertz CT molecular complexity index is 938. The highest BCUT2D eigenvalue weighted by atomic mass is 35.5. The van der Waals surface area contributed by atoms with Crippen molar-refractivity contribution >= 4 is 63.3 Å². The van der Waals surface area contributed by atoms with Crippen molar-refractivity contribution in [1.29, 1.82) is 0 Å². The molecule has 0 spiro atoms. The summed E-state index contributed by atoms with van der Waals surface area (Å²) in [5.74, 6) is 0.270. The van der Waals surface area contributed by atoms with Gasteiger partial charge in [-0.3, -0.25) is 14.5 Å². The van der Waals surface area contributed by atoms with Crippen LogP contribution in [0.1, 0.15) is 18.7 Å². The van der Waals surface area contributed by atoms with Crippen LogP contribution in [0.3, 0.4) is 0 Å². The Morgan fingerprint density at radius 3 is 2.78 bits per heavy atom. The van der Waals surface area contributed by atoms with E-state index in [4.69, 9.17) is 16.3 Å². The monoisotopic (exact) mass is 420 g/mol.